The van der Waals surface area contributed by atoms with Crippen LogP contribution >= 0.6 is 0 Å². The number of aliphatic hydroxyl groups excluding tert-OH is 2. The number of benzene rings is 1. The van der Waals surface area contributed by atoms with E-state index in [1.165, 1.54) is 53.7 Å². The van der Waals surface area contributed by atoms with Gasteiger partial charge >= 0.3 is 30.2 Å². The summed E-state index contributed by atoms with van der Waals surface area (Å²) in [4.78, 5) is 97.2. The molecular weight excluding hydrogens is 802 g/mol. The number of hydrogen-bond donors (Lipinski definition) is 3. The molecular formula is C43H55NO17. The molecule has 1 aromatic rings. The molecule has 2 saturated carbocycles. The number of nitrogens with zero attached hydrogens (tertiary/aromatic N) is 1. The van der Waals surface area contributed by atoms with Crippen LogP contribution in [-0.2, 0) is 52.3 Å². The van der Waals surface area contributed by atoms with Crippen LogP contribution in [-0.4, -0.2) is 129 Å². The van der Waals surface area contributed by atoms with Crippen LogP contribution in [0.25, 0.3) is 0 Å². The zero-order valence-electron chi connectivity index (χ0n) is 36.1. The van der Waals surface area contributed by atoms with Gasteiger partial charge in [-0.3, -0.25) is 14.4 Å². The van der Waals surface area contributed by atoms with Gasteiger partial charge in [-0.25, -0.2) is 24.1 Å². The van der Waals surface area contributed by atoms with Crippen molar-refractivity contribution in [3.8, 4) is 0 Å². The lowest BCUT2D eigenvalue weighted by Gasteiger charge is -2.67. The van der Waals surface area contributed by atoms with Crippen LogP contribution in [0.3, 0.4) is 0 Å². The number of allylic oxidation sites excluding steroid dienone is 1. The molecule has 3 N–H and O–H groups in total. The van der Waals surface area contributed by atoms with E-state index in [0.717, 1.165) is 14.0 Å². The molecule has 61 heavy (non-hydrogen) atoms. The Morgan fingerprint density at radius 2 is 1.61 bits per heavy atom. The van der Waals surface area contributed by atoms with Crippen molar-refractivity contribution in [3.05, 3.63) is 47.2 Å². The molecule has 3 unspecified atom stereocenters. The molecule has 3 aliphatic carbocycles. The first-order valence-electron chi connectivity index (χ1n) is 20.1. The van der Waals surface area contributed by atoms with E-state index in [9.17, 15) is 44.1 Å². The van der Waals surface area contributed by atoms with Crippen molar-refractivity contribution in [2.75, 3.05) is 13.7 Å². The summed E-state index contributed by atoms with van der Waals surface area (Å²) in [5.41, 5.74) is -11.1. The number of ether oxygens (including phenoxy) is 7. The summed E-state index contributed by atoms with van der Waals surface area (Å²) in [5, 5.41) is 37.5. The van der Waals surface area contributed by atoms with Crippen molar-refractivity contribution in [2.45, 2.75) is 135 Å². The van der Waals surface area contributed by atoms with Crippen LogP contribution < -0.4 is 0 Å². The molecule has 2 heterocycles. The average Bonchev–Trinajstić information content (AvgIpc) is 3.36. The Kier molecular flexibility index (Phi) is 11.3. The summed E-state index contributed by atoms with van der Waals surface area (Å²) in [6.07, 6.45) is -11.6. The molecule has 18 nitrogen and oxygen atoms in total. The third kappa shape index (κ3) is 6.99. The summed E-state index contributed by atoms with van der Waals surface area (Å²) in [7, 11) is 1.05. The molecule has 4 fully saturated rings. The first-order chi connectivity index (χ1) is 28.1. The number of methoxy groups -OCH3 is 1. The highest BCUT2D eigenvalue weighted by Crippen LogP contribution is 2.65. The lowest BCUT2D eigenvalue weighted by Crippen LogP contribution is -2.81. The number of cyclic esters (lactones) is 1. The number of amides is 2. The number of Topliss-reactive ketones (excluding diaryl/α,β-unsaturated/α-hetero) is 1. The van der Waals surface area contributed by atoms with E-state index < -0.39 is 142 Å². The fourth-order valence-corrected chi connectivity index (χ4v) is 10.2. The monoisotopic (exact) mass is 857 g/mol. The van der Waals surface area contributed by atoms with Crippen molar-refractivity contribution < 1.29 is 82.0 Å². The van der Waals surface area contributed by atoms with Gasteiger partial charge in [0.2, 0.25) is 5.78 Å². The van der Waals surface area contributed by atoms with Gasteiger partial charge in [0.1, 0.15) is 23.9 Å². The summed E-state index contributed by atoms with van der Waals surface area (Å²) in [6, 6.07) is 6.16. The SMILES string of the molecule is COC(=O)O[C@@]12CO[C@@H]1CC(O)[C@@]1(C)C(=O)C(OC(C)=O)=C3C(C)[C@H](OC(=O)[C@H](O)[C@@H](N4C(=O)OC(C)(C)C4=O)C(C)(C)C)C[C@@](O)([C@@H](OC(=O)c4ccccc4)C12)C3(C)C. The Bertz CT molecular complexity index is 2050. The standard InChI is InChI=1S/C43H55NO17/c1-20-23(58-34(50)27(47)30(38(3,4)5)44-35(51)40(8,9)60-36(44)52)18-43(54)32(59-33(49)22-15-13-12-14-16-22)29-41(10,31(48)28(57-21(2)45)26(20)39(43,6)7)24(46)17-25-42(29,19-56-25)61-37(53)55-11/h12-16,20,23-25,27,29-30,32,46-47,54H,17-19H2,1-11H3/t20?,23-,24?,25-,27-,29?,30-,32+,41-,42+,43-/m1/s1. The molecule has 1 aromatic carbocycles. The Hall–Kier alpha value is -4.91. The van der Waals surface area contributed by atoms with Gasteiger partial charge in [-0.2, -0.15) is 0 Å². The second-order valence-electron chi connectivity index (χ2n) is 19.0. The molecule has 2 bridgehead atoms. The topological polar surface area (TPSA) is 248 Å². The van der Waals surface area contributed by atoms with Crippen LogP contribution in [0.15, 0.2) is 41.7 Å². The van der Waals surface area contributed by atoms with Crippen LogP contribution in [0, 0.1) is 28.1 Å². The van der Waals surface area contributed by atoms with Crippen LogP contribution in [0.1, 0.15) is 92.4 Å². The van der Waals surface area contributed by atoms with Gasteiger partial charge in [-0.05, 0) is 43.9 Å². The molecule has 2 saturated heterocycles. The van der Waals surface area contributed by atoms with E-state index in [2.05, 4.69) is 0 Å². The molecule has 0 aromatic heterocycles. The van der Waals surface area contributed by atoms with Crippen LogP contribution in [0.4, 0.5) is 9.59 Å². The Balaban J connectivity index is 1.57. The number of imide groups is 1. The number of hydrogen-bond acceptors (Lipinski definition) is 17. The molecule has 0 spiro atoms. The van der Waals surface area contributed by atoms with Gasteiger partial charge in [-0.1, -0.05) is 59.7 Å². The van der Waals surface area contributed by atoms with Crippen molar-refractivity contribution in [3.63, 3.8) is 0 Å². The second kappa shape index (κ2) is 15.2. The lowest BCUT2D eigenvalue weighted by atomic mass is 9.45. The van der Waals surface area contributed by atoms with Gasteiger partial charge in [0, 0.05) is 31.1 Å². The minimum atomic E-state index is -2.47. The normalized spacial score (nSPS) is 34.9. The number of ketones is 1. The molecule has 5 aliphatic rings. The van der Waals surface area contributed by atoms with Crippen molar-refractivity contribution in [1.82, 2.24) is 4.90 Å². The van der Waals surface area contributed by atoms with Crippen molar-refractivity contribution in [2.24, 2.45) is 28.1 Å². The third-order valence-corrected chi connectivity index (χ3v) is 13.5. The van der Waals surface area contributed by atoms with Gasteiger partial charge < -0.3 is 48.5 Å². The average molecular weight is 858 g/mol. The minimum absolute atomic E-state index is 0.0257. The van der Waals surface area contributed by atoms with E-state index >= 15 is 4.79 Å². The maximum atomic E-state index is 15.5. The zero-order chi connectivity index (χ0) is 45.6. The quantitative estimate of drug-likeness (QED) is 0.251. The van der Waals surface area contributed by atoms with Crippen molar-refractivity contribution >= 4 is 41.8 Å². The van der Waals surface area contributed by atoms with E-state index in [-0.39, 0.29) is 17.6 Å². The Morgan fingerprint density at radius 1 is 0.984 bits per heavy atom. The van der Waals surface area contributed by atoms with Gasteiger partial charge in [-0.15, -0.1) is 0 Å². The second-order valence-corrected chi connectivity index (χ2v) is 19.0. The number of rotatable bonds is 8. The van der Waals surface area contributed by atoms with E-state index in [1.807, 2.05) is 0 Å². The molecule has 11 atom stereocenters. The summed E-state index contributed by atoms with van der Waals surface area (Å²) < 4.78 is 40.1. The first-order valence-corrected chi connectivity index (χ1v) is 20.1. The van der Waals surface area contributed by atoms with Crippen LogP contribution in [0.2, 0.25) is 0 Å². The number of fused-ring (bicyclic) bond motifs is 5. The molecule has 0 radical (unpaired) electrons. The predicted molar refractivity (Wildman–Crippen MR) is 207 cm³/mol. The number of carbonyl (C=O) groups is 7. The van der Waals surface area contributed by atoms with Gasteiger partial charge in [0.05, 0.1) is 42.8 Å². The van der Waals surface area contributed by atoms with Crippen molar-refractivity contribution in [1.29, 1.82) is 0 Å². The number of aliphatic hydroxyl groups is 3. The van der Waals surface area contributed by atoms with Crippen LogP contribution in [0.5, 0.6) is 0 Å². The fourth-order valence-electron chi connectivity index (χ4n) is 10.2. The minimum Gasteiger partial charge on any atom is -0.460 e. The largest absolute Gasteiger partial charge is 0.508 e. The Labute approximate surface area is 352 Å². The third-order valence-electron chi connectivity index (χ3n) is 13.5. The smallest absolute Gasteiger partial charge is 0.460 e. The highest BCUT2D eigenvalue weighted by molar-refractivity contribution is 6.03. The zero-order valence-corrected chi connectivity index (χ0v) is 36.1. The van der Waals surface area contributed by atoms with E-state index in [0.29, 0.717) is 4.90 Å². The fraction of sp³-hybridized carbons (Fsp3) is 0.651. The molecule has 18 heteroatoms. The summed E-state index contributed by atoms with van der Waals surface area (Å²) in [6.45, 7) is 14.0. The number of carbonyl (C=O) groups excluding carboxylic acids is 7. The van der Waals surface area contributed by atoms with Gasteiger partial charge in [0.25, 0.3) is 5.91 Å². The lowest BCUT2D eigenvalue weighted by molar-refractivity contribution is -0.343. The Morgan fingerprint density at radius 3 is 2.11 bits per heavy atom. The molecule has 2 aliphatic heterocycles. The summed E-state index contributed by atoms with van der Waals surface area (Å²) in [5.74, 6) is -8.46. The van der Waals surface area contributed by atoms with Gasteiger partial charge in [0.15, 0.2) is 23.1 Å². The molecule has 2 amide bonds. The highest BCUT2D eigenvalue weighted by Gasteiger charge is 2.78. The first kappa shape index (κ1) is 45.6. The molecule has 6 rings (SSSR count). The highest BCUT2D eigenvalue weighted by atomic mass is 16.8. The summed E-state index contributed by atoms with van der Waals surface area (Å²) >= 11 is 0. The van der Waals surface area contributed by atoms with E-state index in [4.69, 9.17) is 33.2 Å². The molecule has 334 valence electrons. The predicted octanol–water partition coefficient (Wildman–Crippen LogP) is 3.16. The van der Waals surface area contributed by atoms with E-state index in [1.54, 1.807) is 39.0 Å². The maximum absolute atomic E-state index is 15.5. The maximum Gasteiger partial charge on any atom is 0.508 e. The number of esters is 3.